The molecule has 10 nitrogen and oxygen atoms in total. The molecule has 204 valence electrons. The van der Waals surface area contributed by atoms with Crippen molar-refractivity contribution < 1.29 is 9.59 Å². The molecule has 1 aromatic heterocycles. The summed E-state index contributed by atoms with van der Waals surface area (Å²) in [6, 6.07) is 17.7. The third kappa shape index (κ3) is 6.90. The number of aromatic nitrogens is 2. The number of rotatable bonds is 8. The molecule has 0 spiro atoms. The van der Waals surface area contributed by atoms with Crippen molar-refractivity contribution in [3.05, 3.63) is 60.8 Å². The van der Waals surface area contributed by atoms with Crippen LogP contribution in [0, 0.1) is 0 Å². The maximum absolute atomic E-state index is 12.3. The summed E-state index contributed by atoms with van der Waals surface area (Å²) >= 11 is 0. The van der Waals surface area contributed by atoms with Gasteiger partial charge < -0.3 is 30.7 Å². The molecule has 3 aromatic rings. The number of piperazine rings is 1. The third-order valence-electron chi connectivity index (χ3n) is 7.05. The molecule has 3 N–H and O–H groups in total. The van der Waals surface area contributed by atoms with E-state index in [-0.39, 0.29) is 17.9 Å². The number of hydrogen-bond donors (Lipinski definition) is 3. The standard InChI is InChI=1S/C29H36N8O2/c1-35(2)20-27(38)37-18-16-36(17-19-37)24-11-9-23(10-12-24)33-29-31-15-13-25(34-29)21-5-7-22(8-6-21)32-28(39)26-4-3-14-30-26/h5-13,15,26,30H,3-4,14,16-20H2,1-2H3,(H,32,39)(H,31,33,34). The fraction of sp³-hybridized carbons (Fsp3) is 0.379. The van der Waals surface area contributed by atoms with Gasteiger partial charge in [-0.15, -0.1) is 0 Å². The topological polar surface area (TPSA) is 106 Å². The van der Waals surface area contributed by atoms with Gasteiger partial charge in [-0.25, -0.2) is 9.97 Å². The minimum absolute atomic E-state index is 0.0113. The first-order valence-electron chi connectivity index (χ1n) is 13.5. The van der Waals surface area contributed by atoms with E-state index in [1.807, 2.05) is 66.4 Å². The monoisotopic (exact) mass is 528 g/mol. The van der Waals surface area contributed by atoms with Crippen LogP contribution in [0.1, 0.15) is 12.8 Å². The number of carbonyl (C=O) groups excluding carboxylic acids is 2. The van der Waals surface area contributed by atoms with E-state index < -0.39 is 0 Å². The zero-order chi connectivity index (χ0) is 27.2. The summed E-state index contributed by atoms with van der Waals surface area (Å²) in [6.07, 6.45) is 3.64. The van der Waals surface area contributed by atoms with Crippen LogP contribution in [0.25, 0.3) is 11.3 Å². The van der Waals surface area contributed by atoms with Gasteiger partial charge in [-0.3, -0.25) is 9.59 Å². The highest BCUT2D eigenvalue weighted by atomic mass is 16.2. The molecule has 2 saturated heterocycles. The second-order valence-corrected chi connectivity index (χ2v) is 10.3. The summed E-state index contributed by atoms with van der Waals surface area (Å²) in [7, 11) is 3.83. The molecule has 0 saturated carbocycles. The van der Waals surface area contributed by atoms with Crippen molar-refractivity contribution in [1.29, 1.82) is 0 Å². The second-order valence-electron chi connectivity index (χ2n) is 10.3. The minimum Gasteiger partial charge on any atom is -0.368 e. The molecule has 10 heteroatoms. The van der Waals surface area contributed by atoms with Gasteiger partial charge >= 0.3 is 0 Å². The molecule has 0 radical (unpaired) electrons. The van der Waals surface area contributed by atoms with E-state index in [2.05, 4.69) is 43.0 Å². The molecule has 0 bridgehead atoms. The zero-order valence-corrected chi connectivity index (χ0v) is 22.6. The maximum Gasteiger partial charge on any atom is 0.241 e. The number of benzene rings is 2. The molecular formula is C29H36N8O2. The molecule has 5 rings (SSSR count). The van der Waals surface area contributed by atoms with Crippen LogP contribution in [0.15, 0.2) is 60.8 Å². The van der Waals surface area contributed by atoms with Gasteiger partial charge in [0.1, 0.15) is 0 Å². The average molecular weight is 529 g/mol. The van der Waals surface area contributed by atoms with E-state index in [1.54, 1.807) is 6.20 Å². The van der Waals surface area contributed by atoms with Crippen molar-refractivity contribution in [1.82, 2.24) is 25.1 Å². The fourth-order valence-electron chi connectivity index (χ4n) is 4.91. The third-order valence-corrected chi connectivity index (χ3v) is 7.05. The van der Waals surface area contributed by atoms with Crippen molar-refractivity contribution in [3.8, 4) is 11.3 Å². The summed E-state index contributed by atoms with van der Waals surface area (Å²) in [5.74, 6) is 0.705. The Balaban J connectivity index is 1.16. The molecule has 2 aromatic carbocycles. The van der Waals surface area contributed by atoms with Gasteiger partial charge in [0.15, 0.2) is 0 Å². The zero-order valence-electron chi connectivity index (χ0n) is 22.6. The summed E-state index contributed by atoms with van der Waals surface area (Å²) in [5.41, 5.74) is 4.53. The minimum atomic E-state index is -0.108. The molecule has 1 unspecified atom stereocenters. The van der Waals surface area contributed by atoms with Crippen LogP contribution >= 0.6 is 0 Å². The lowest BCUT2D eigenvalue weighted by Crippen LogP contribution is -2.50. The largest absolute Gasteiger partial charge is 0.368 e. The molecule has 2 aliphatic heterocycles. The first kappa shape index (κ1) is 26.6. The lowest BCUT2D eigenvalue weighted by molar-refractivity contribution is -0.132. The smallest absolute Gasteiger partial charge is 0.241 e. The SMILES string of the molecule is CN(C)CC(=O)N1CCN(c2ccc(Nc3nccc(-c4ccc(NC(=O)C5CCCN5)cc4)n3)cc2)CC1. The Morgan fingerprint density at radius 2 is 1.69 bits per heavy atom. The van der Waals surface area contributed by atoms with Crippen molar-refractivity contribution in [2.45, 2.75) is 18.9 Å². The highest BCUT2D eigenvalue weighted by molar-refractivity contribution is 5.95. The quantitative estimate of drug-likeness (QED) is 0.410. The van der Waals surface area contributed by atoms with Gasteiger partial charge in [-0.05, 0) is 75.9 Å². The average Bonchev–Trinajstić information content (AvgIpc) is 3.49. The van der Waals surface area contributed by atoms with Crippen LogP contribution in [-0.4, -0.2) is 91.0 Å². The van der Waals surface area contributed by atoms with Crippen molar-refractivity contribution in [2.24, 2.45) is 0 Å². The number of nitrogens with zero attached hydrogens (tertiary/aromatic N) is 5. The van der Waals surface area contributed by atoms with Crippen LogP contribution in [0.2, 0.25) is 0 Å². The highest BCUT2D eigenvalue weighted by Gasteiger charge is 2.22. The Hall–Kier alpha value is -4.02. The first-order valence-corrected chi connectivity index (χ1v) is 13.5. The van der Waals surface area contributed by atoms with Gasteiger partial charge in [0.2, 0.25) is 17.8 Å². The summed E-state index contributed by atoms with van der Waals surface area (Å²) in [5, 5.41) is 9.49. The Morgan fingerprint density at radius 1 is 0.974 bits per heavy atom. The molecule has 0 aliphatic carbocycles. The Labute approximate surface area is 229 Å². The van der Waals surface area contributed by atoms with Crippen LogP contribution < -0.4 is 20.9 Å². The van der Waals surface area contributed by atoms with Gasteiger partial charge in [-0.1, -0.05) is 12.1 Å². The van der Waals surface area contributed by atoms with Gasteiger partial charge in [0, 0.05) is 55.0 Å². The van der Waals surface area contributed by atoms with E-state index >= 15 is 0 Å². The van der Waals surface area contributed by atoms with Gasteiger partial charge in [0.05, 0.1) is 18.3 Å². The molecule has 39 heavy (non-hydrogen) atoms. The molecule has 1 atom stereocenters. The molecule has 2 fully saturated rings. The van der Waals surface area contributed by atoms with Crippen LogP contribution in [-0.2, 0) is 9.59 Å². The fourth-order valence-corrected chi connectivity index (χ4v) is 4.91. The van der Waals surface area contributed by atoms with Crippen molar-refractivity contribution in [3.63, 3.8) is 0 Å². The molecule has 2 aliphatic rings. The lowest BCUT2D eigenvalue weighted by atomic mass is 10.1. The first-order chi connectivity index (χ1) is 18.9. The molecule has 3 heterocycles. The normalized spacial score (nSPS) is 17.4. The van der Waals surface area contributed by atoms with Gasteiger partial charge in [0.25, 0.3) is 0 Å². The van der Waals surface area contributed by atoms with Crippen LogP contribution in [0.3, 0.4) is 0 Å². The van der Waals surface area contributed by atoms with E-state index in [4.69, 9.17) is 0 Å². The summed E-state index contributed by atoms with van der Waals surface area (Å²) in [6.45, 7) is 4.44. The number of nitrogens with one attached hydrogen (secondary N) is 3. The Kier molecular flexibility index (Phi) is 8.33. The number of likely N-dealkylation sites (N-methyl/N-ethyl adjacent to an activating group) is 1. The number of anilines is 4. The number of amides is 2. The van der Waals surface area contributed by atoms with Crippen molar-refractivity contribution in [2.75, 3.05) is 68.9 Å². The maximum atomic E-state index is 12.3. The summed E-state index contributed by atoms with van der Waals surface area (Å²) < 4.78 is 0. The molecular weight excluding hydrogens is 492 g/mol. The van der Waals surface area contributed by atoms with E-state index in [0.29, 0.717) is 12.5 Å². The second kappa shape index (κ2) is 12.2. The Bertz CT molecular complexity index is 1270. The predicted octanol–water partition coefficient (Wildman–Crippen LogP) is 2.79. The van der Waals surface area contributed by atoms with Crippen molar-refractivity contribution >= 4 is 34.8 Å². The number of carbonyl (C=O) groups is 2. The Morgan fingerprint density at radius 3 is 2.36 bits per heavy atom. The lowest BCUT2D eigenvalue weighted by Gasteiger charge is -2.36. The number of hydrogen-bond acceptors (Lipinski definition) is 8. The van der Waals surface area contributed by atoms with E-state index in [0.717, 1.165) is 73.9 Å². The highest BCUT2D eigenvalue weighted by Crippen LogP contribution is 2.24. The van der Waals surface area contributed by atoms with Crippen LogP contribution in [0.5, 0.6) is 0 Å². The molecule has 2 amide bonds. The van der Waals surface area contributed by atoms with Crippen LogP contribution in [0.4, 0.5) is 23.0 Å². The van der Waals surface area contributed by atoms with Gasteiger partial charge in [-0.2, -0.15) is 0 Å². The predicted molar refractivity (Wildman–Crippen MR) is 154 cm³/mol. The summed E-state index contributed by atoms with van der Waals surface area (Å²) in [4.78, 5) is 39.9. The van der Waals surface area contributed by atoms with E-state index in [1.165, 1.54) is 0 Å². The van der Waals surface area contributed by atoms with E-state index in [9.17, 15) is 9.59 Å².